The first kappa shape index (κ1) is 16.2. The standard InChI is InChI=1S/C18H14ClFN2O2/c1-22(10-13-14(19)6-4-7-15(13)20)18(24)12-9-17(23)21-16-8-3-2-5-11(12)16/h2-9H,10H2,1H3,(H,21,23). The van der Waals surface area contributed by atoms with Gasteiger partial charge >= 0.3 is 0 Å². The van der Waals surface area contributed by atoms with Gasteiger partial charge in [-0.05, 0) is 18.2 Å². The molecule has 0 aliphatic heterocycles. The van der Waals surface area contributed by atoms with Gasteiger partial charge in [0.1, 0.15) is 5.82 Å². The minimum absolute atomic E-state index is 0.00542. The lowest BCUT2D eigenvalue weighted by Crippen LogP contribution is -2.28. The average molecular weight is 345 g/mol. The number of carbonyl (C=O) groups is 1. The number of pyridine rings is 1. The van der Waals surface area contributed by atoms with Gasteiger partial charge in [-0.2, -0.15) is 0 Å². The molecule has 0 radical (unpaired) electrons. The van der Waals surface area contributed by atoms with Gasteiger partial charge < -0.3 is 9.88 Å². The number of H-pyrrole nitrogens is 1. The molecule has 6 heteroatoms. The van der Waals surface area contributed by atoms with Crippen LogP contribution in [0.5, 0.6) is 0 Å². The summed E-state index contributed by atoms with van der Waals surface area (Å²) in [6, 6.07) is 12.7. The lowest BCUT2D eigenvalue weighted by Gasteiger charge is -2.19. The summed E-state index contributed by atoms with van der Waals surface area (Å²) in [6.45, 7) is 0.00542. The maximum absolute atomic E-state index is 13.9. The van der Waals surface area contributed by atoms with Crippen molar-refractivity contribution in [3.63, 3.8) is 0 Å². The van der Waals surface area contributed by atoms with Crippen LogP contribution in [0.4, 0.5) is 4.39 Å². The molecule has 0 aliphatic carbocycles. The van der Waals surface area contributed by atoms with E-state index in [-0.39, 0.29) is 34.2 Å². The number of nitrogens with zero attached hydrogens (tertiary/aromatic N) is 1. The van der Waals surface area contributed by atoms with Gasteiger partial charge in [-0.3, -0.25) is 9.59 Å². The normalized spacial score (nSPS) is 10.8. The number of carbonyl (C=O) groups excluding carboxylic acids is 1. The summed E-state index contributed by atoms with van der Waals surface area (Å²) in [5, 5.41) is 0.888. The largest absolute Gasteiger partial charge is 0.337 e. The molecular weight excluding hydrogens is 331 g/mol. The van der Waals surface area contributed by atoms with Crippen molar-refractivity contribution in [2.24, 2.45) is 0 Å². The van der Waals surface area contributed by atoms with Gasteiger partial charge in [-0.1, -0.05) is 35.9 Å². The number of fused-ring (bicyclic) bond motifs is 1. The molecule has 0 bridgehead atoms. The van der Waals surface area contributed by atoms with Crippen LogP contribution in [0.1, 0.15) is 15.9 Å². The molecule has 24 heavy (non-hydrogen) atoms. The third-order valence-electron chi connectivity index (χ3n) is 3.78. The summed E-state index contributed by atoms with van der Waals surface area (Å²) >= 11 is 6.01. The SMILES string of the molecule is CN(Cc1c(F)cccc1Cl)C(=O)c1cc(=O)[nH]c2ccccc12. The molecule has 0 saturated carbocycles. The Kier molecular flexibility index (Phi) is 4.36. The molecule has 0 spiro atoms. The van der Waals surface area contributed by atoms with Crippen LogP contribution in [0.25, 0.3) is 10.9 Å². The van der Waals surface area contributed by atoms with Crippen molar-refractivity contribution >= 4 is 28.4 Å². The molecular formula is C18H14ClFN2O2. The van der Waals surface area contributed by atoms with Gasteiger partial charge in [0.15, 0.2) is 0 Å². The summed E-state index contributed by atoms with van der Waals surface area (Å²) in [6.07, 6.45) is 0. The Morgan fingerprint density at radius 1 is 1.21 bits per heavy atom. The summed E-state index contributed by atoms with van der Waals surface area (Å²) < 4.78 is 13.9. The zero-order chi connectivity index (χ0) is 17.3. The fraction of sp³-hybridized carbons (Fsp3) is 0.111. The van der Waals surface area contributed by atoms with E-state index in [2.05, 4.69) is 4.98 Å². The molecule has 1 heterocycles. The molecule has 0 aliphatic rings. The number of halogens is 2. The Labute approximate surface area is 142 Å². The highest BCUT2D eigenvalue weighted by molar-refractivity contribution is 6.31. The fourth-order valence-corrected chi connectivity index (χ4v) is 2.80. The number of aromatic nitrogens is 1. The number of hydrogen-bond acceptors (Lipinski definition) is 2. The first-order valence-corrected chi connectivity index (χ1v) is 7.65. The van der Waals surface area contributed by atoms with Crippen LogP contribution >= 0.6 is 11.6 Å². The molecule has 0 fully saturated rings. The quantitative estimate of drug-likeness (QED) is 0.789. The smallest absolute Gasteiger partial charge is 0.254 e. The monoisotopic (exact) mass is 344 g/mol. The van der Waals surface area contributed by atoms with Gasteiger partial charge in [0.2, 0.25) is 5.56 Å². The number of benzene rings is 2. The van der Waals surface area contributed by atoms with Crippen LogP contribution in [0.3, 0.4) is 0 Å². The van der Waals surface area contributed by atoms with Crippen LogP contribution in [-0.4, -0.2) is 22.8 Å². The topological polar surface area (TPSA) is 53.2 Å². The molecule has 0 unspecified atom stereocenters. The summed E-state index contributed by atoms with van der Waals surface area (Å²) in [7, 11) is 1.54. The average Bonchev–Trinajstić information content (AvgIpc) is 2.56. The number of nitrogens with one attached hydrogen (secondary N) is 1. The molecule has 0 saturated heterocycles. The first-order valence-electron chi connectivity index (χ1n) is 7.28. The number of para-hydroxylation sites is 1. The van der Waals surface area contributed by atoms with Gasteiger partial charge in [0.05, 0.1) is 5.56 Å². The lowest BCUT2D eigenvalue weighted by molar-refractivity contribution is 0.0785. The predicted octanol–water partition coefficient (Wildman–Crippen LogP) is 3.59. The molecule has 4 nitrogen and oxygen atoms in total. The Bertz CT molecular complexity index is 964. The highest BCUT2D eigenvalue weighted by Gasteiger charge is 2.18. The molecule has 1 amide bonds. The van der Waals surface area contributed by atoms with Gasteiger partial charge in [-0.15, -0.1) is 0 Å². The summed E-state index contributed by atoms with van der Waals surface area (Å²) in [5.74, 6) is -0.852. The lowest BCUT2D eigenvalue weighted by atomic mass is 10.1. The first-order chi connectivity index (χ1) is 11.5. The van der Waals surface area contributed by atoms with Crippen LogP contribution in [0.15, 0.2) is 53.3 Å². The highest BCUT2D eigenvalue weighted by atomic mass is 35.5. The van der Waals surface area contributed by atoms with Crippen molar-refractivity contribution in [2.75, 3.05) is 7.05 Å². The van der Waals surface area contributed by atoms with E-state index in [1.165, 1.54) is 23.1 Å². The number of hydrogen-bond donors (Lipinski definition) is 1. The molecule has 0 atom stereocenters. The zero-order valence-corrected chi connectivity index (χ0v) is 13.6. The second-order valence-corrected chi connectivity index (χ2v) is 5.86. The van der Waals surface area contributed by atoms with E-state index in [1.54, 1.807) is 37.4 Å². The Balaban J connectivity index is 1.99. The van der Waals surface area contributed by atoms with Crippen LogP contribution in [0, 0.1) is 5.82 Å². The summed E-state index contributed by atoms with van der Waals surface area (Å²) in [4.78, 5) is 28.6. The highest BCUT2D eigenvalue weighted by Crippen LogP contribution is 2.22. The number of rotatable bonds is 3. The molecule has 2 aromatic carbocycles. The number of aromatic amines is 1. The minimum Gasteiger partial charge on any atom is -0.337 e. The van der Waals surface area contributed by atoms with E-state index in [0.29, 0.717) is 10.9 Å². The third kappa shape index (κ3) is 3.03. The fourth-order valence-electron chi connectivity index (χ4n) is 2.58. The summed E-state index contributed by atoms with van der Waals surface area (Å²) in [5.41, 5.74) is 0.716. The Morgan fingerprint density at radius 2 is 1.96 bits per heavy atom. The molecule has 1 aromatic heterocycles. The Morgan fingerprint density at radius 3 is 2.71 bits per heavy atom. The van der Waals surface area contributed by atoms with E-state index < -0.39 is 5.82 Å². The molecule has 3 aromatic rings. The van der Waals surface area contributed by atoms with Crippen molar-refractivity contribution < 1.29 is 9.18 Å². The van der Waals surface area contributed by atoms with E-state index in [0.717, 1.165) is 0 Å². The van der Waals surface area contributed by atoms with Crippen LogP contribution in [0.2, 0.25) is 5.02 Å². The van der Waals surface area contributed by atoms with E-state index >= 15 is 0 Å². The molecule has 1 N–H and O–H groups in total. The van der Waals surface area contributed by atoms with Crippen molar-refractivity contribution in [1.29, 1.82) is 0 Å². The van der Waals surface area contributed by atoms with Gasteiger partial charge in [-0.25, -0.2) is 4.39 Å². The van der Waals surface area contributed by atoms with Crippen LogP contribution < -0.4 is 5.56 Å². The minimum atomic E-state index is -0.474. The van der Waals surface area contributed by atoms with E-state index in [1.807, 2.05) is 0 Å². The maximum Gasteiger partial charge on any atom is 0.254 e. The second-order valence-electron chi connectivity index (χ2n) is 5.45. The van der Waals surface area contributed by atoms with Crippen molar-refractivity contribution in [3.8, 4) is 0 Å². The number of amides is 1. The maximum atomic E-state index is 13.9. The third-order valence-corrected chi connectivity index (χ3v) is 4.14. The van der Waals surface area contributed by atoms with E-state index in [9.17, 15) is 14.0 Å². The van der Waals surface area contributed by atoms with Crippen molar-refractivity contribution in [1.82, 2.24) is 9.88 Å². The molecule has 3 rings (SSSR count). The predicted molar refractivity (Wildman–Crippen MR) is 91.8 cm³/mol. The molecule has 122 valence electrons. The van der Waals surface area contributed by atoms with Crippen LogP contribution in [-0.2, 0) is 6.54 Å². The zero-order valence-electron chi connectivity index (χ0n) is 12.8. The van der Waals surface area contributed by atoms with Crippen molar-refractivity contribution in [3.05, 3.63) is 80.9 Å². The second kappa shape index (κ2) is 6.45. The van der Waals surface area contributed by atoms with Gasteiger partial charge in [0.25, 0.3) is 5.91 Å². The van der Waals surface area contributed by atoms with Gasteiger partial charge in [0, 0.05) is 41.1 Å². The van der Waals surface area contributed by atoms with E-state index in [4.69, 9.17) is 11.6 Å². The van der Waals surface area contributed by atoms with Crippen molar-refractivity contribution in [2.45, 2.75) is 6.54 Å². The Hall–Kier alpha value is -2.66.